The van der Waals surface area contributed by atoms with Gasteiger partial charge >= 0.3 is 0 Å². The molecule has 1 fully saturated rings. The van der Waals surface area contributed by atoms with Gasteiger partial charge in [0.2, 0.25) is 0 Å². The van der Waals surface area contributed by atoms with E-state index in [0.717, 1.165) is 5.92 Å². The number of nitrogens with zero attached hydrogens (tertiary/aromatic N) is 1. The Hall–Kier alpha value is -0.380. The molecule has 2 N–H and O–H groups in total. The van der Waals surface area contributed by atoms with Crippen molar-refractivity contribution >= 4 is 15.9 Å². The highest BCUT2D eigenvalue weighted by Gasteiger charge is 2.24. The summed E-state index contributed by atoms with van der Waals surface area (Å²) >= 11 is 3.63. The SMILES string of the molecule is CC1CCN([C@H](CN)c2ccccc2Br)CC1. The van der Waals surface area contributed by atoms with Crippen LogP contribution in [0.5, 0.6) is 0 Å². The summed E-state index contributed by atoms with van der Waals surface area (Å²) in [6, 6.07) is 8.79. The number of rotatable bonds is 3. The molecule has 1 heterocycles. The second-order valence-corrected chi connectivity index (χ2v) is 5.85. The molecule has 0 spiro atoms. The topological polar surface area (TPSA) is 29.3 Å². The highest BCUT2D eigenvalue weighted by molar-refractivity contribution is 9.10. The Bertz CT molecular complexity index is 359. The summed E-state index contributed by atoms with van der Waals surface area (Å²) < 4.78 is 1.18. The minimum absolute atomic E-state index is 0.359. The molecule has 1 aromatic carbocycles. The van der Waals surface area contributed by atoms with Crippen LogP contribution in [0.25, 0.3) is 0 Å². The molecule has 0 unspecified atom stereocenters. The van der Waals surface area contributed by atoms with E-state index in [4.69, 9.17) is 5.73 Å². The lowest BCUT2D eigenvalue weighted by atomic mass is 9.96. The van der Waals surface area contributed by atoms with Crippen LogP contribution in [-0.2, 0) is 0 Å². The Morgan fingerprint density at radius 2 is 2.00 bits per heavy atom. The van der Waals surface area contributed by atoms with Crippen LogP contribution in [0.4, 0.5) is 0 Å². The zero-order valence-corrected chi connectivity index (χ0v) is 12.0. The zero-order chi connectivity index (χ0) is 12.3. The van der Waals surface area contributed by atoms with Crippen LogP contribution in [0.2, 0.25) is 0 Å². The van der Waals surface area contributed by atoms with Crippen molar-refractivity contribution in [3.63, 3.8) is 0 Å². The predicted octanol–water partition coefficient (Wildman–Crippen LogP) is 3.18. The summed E-state index contributed by atoms with van der Waals surface area (Å²) in [6.45, 7) is 5.37. The Morgan fingerprint density at radius 3 is 2.59 bits per heavy atom. The molecule has 1 aliphatic heterocycles. The Kier molecular flexibility index (Phi) is 4.60. The van der Waals surface area contributed by atoms with Crippen molar-refractivity contribution in [2.45, 2.75) is 25.8 Å². The van der Waals surface area contributed by atoms with Gasteiger partial charge in [-0.05, 0) is 43.5 Å². The van der Waals surface area contributed by atoms with Crippen LogP contribution in [0.3, 0.4) is 0 Å². The van der Waals surface area contributed by atoms with Gasteiger partial charge in [-0.1, -0.05) is 41.1 Å². The van der Waals surface area contributed by atoms with E-state index >= 15 is 0 Å². The normalized spacial score (nSPS) is 20.4. The summed E-state index contributed by atoms with van der Waals surface area (Å²) in [5, 5.41) is 0. The van der Waals surface area contributed by atoms with Gasteiger partial charge in [-0.25, -0.2) is 0 Å². The van der Waals surface area contributed by atoms with Crippen molar-refractivity contribution in [2.75, 3.05) is 19.6 Å². The number of hydrogen-bond acceptors (Lipinski definition) is 2. The van der Waals surface area contributed by atoms with Gasteiger partial charge in [0, 0.05) is 17.1 Å². The van der Waals surface area contributed by atoms with Gasteiger partial charge in [0.15, 0.2) is 0 Å². The quantitative estimate of drug-likeness (QED) is 0.928. The van der Waals surface area contributed by atoms with E-state index in [1.165, 1.54) is 36.0 Å². The number of nitrogens with two attached hydrogens (primary N) is 1. The molecule has 2 rings (SSSR count). The van der Waals surface area contributed by atoms with Gasteiger partial charge in [0.1, 0.15) is 0 Å². The van der Waals surface area contributed by atoms with Crippen LogP contribution in [-0.4, -0.2) is 24.5 Å². The summed E-state index contributed by atoms with van der Waals surface area (Å²) in [4.78, 5) is 2.53. The molecule has 94 valence electrons. The molecule has 1 aliphatic rings. The fraction of sp³-hybridized carbons (Fsp3) is 0.571. The van der Waals surface area contributed by atoms with Crippen molar-refractivity contribution in [3.05, 3.63) is 34.3 Å². The lowest BCUT2D eigenvalue weighted by molar-refractivity contribution is 0.141. The van der Waals surface area contributed by atoms with Crippen molar-refractivity contribution in [1.82, 2.24) is 4.90 Å². The first-order valence-corrected chi connectivity index (χ1v) is 7.20. The second kappa shape index (κ2) is 5.98. The smallest absolute Gasteiger partial charge is 0.0481 e. The first-order chi connectivity index (χ1) is 8.22. The molecule has 17 heavy (non-hydrogen) atoms. The molecule has 0 aliphatic carbocycles. The molecule has 0 aromatic heterocycles. The van der Waals surface area contributed by atoms with E-state index < -0.39 is 0 Å². The molecule has 0 radical (unpaired) electrons. The molecule has 0 saturated carbocycles. The number of benzene rings is 1. The number of piperidine rings is 1. The fourth-order valence-electron chi connectivity index (χ4n) is 2.56. The lowest BCUT2D eigenvalue weighted by Crippen LogP contribution is -2.39. The summed E-state index contributed by atoms with van der Waals surface area (Å²) in [6.07, 6.45) is 2.59. The third kappa shape index (κ3) is 3.09. The van der Waals surface area contributed by atoms with Crippen molar-refractivity contribution < 1.29 is 0 Å². The highest BCUT2D eigenvalue weighted by atomic mass is 79.9. The molecule has 1 saturated heterocycles. The monoisotopic (exact) mass is 296 g/mol. The Balaban J connectivity index is 2.14. The van der Waals surface area contributed by atoms with Gasteiger partial charge in [-0.15, -0.1) is 0 Å². The minimum atomic E-state index is 0.359. The van der Waals surface area contributed by atoms with E-state index in [-0.39, 0.29) is 0 Å². The van der Waals surface area contributed by atoms with Crippen LogP contribution in [0.15, 0.2) is 28.7 Å². The molecular formula is C14H21BrN2. The standard InChI is InChI=1S/C14H21BrN2/c1-11-6-8-17(9-7-11)14(10-16)12-4-2-3-5-13(12)15/h2-5,11,14H,6-10,16H2,1H3/t14-/m1/s1. The average molecular weight is 297 g/mol. The van der Waals surface area contributed by atoms with E-state index in [9.17, 15) is 0 Å². The van der Waals surface area contributed by atoms with E-state index in [1.807, 2.05) is 0 Å². The lowest BCUT2D eigenvalue weighted by Gasteiger charge is -2.36. The second-order valence-electron chi connectivity index (χ2n) is 4.99. The van der Waals surface area contributed by atoms with Crippen LogP contribution in [0, 0.1) is 5.92 Å². The molecule has 0 bridgehead atoms. The van der Waals surface area contributed by atoms with Crippen molar-refractivity contribution in [2.24, 2.45) is 11.7 Å². The molecule has 1 aromatic rings. The number of hydrogen-bond donors (Lipinski definition) is 1. The summed E-state index contributed by atoms with van der Waals surface area (Å²) in [7, 11) is 0. The zero-order valence-electron chi connectivity index (χ0n) is 10.4. The Labute approximate surface area is 112 Å². The van der Waals surface area contributed by atoms with Crippen molar-refractivity contribution in [1.29, 1.82) is 0 Å². The molecular weight excluding hydrogens is 276 g/mol. The predicted molar refractivity (Wildman–Crippen MR) is 75.9 cm³/mol. The maximum absolute atomic E-state index is 5.98. The van der Waals surface area contributed by atoms with Crippen molar-refractivity contribution in [3.8, 4) is 0 Å². The molecule has 1 atom stereocenters. The maximum Gasteiger partial charge on any atom is 0.0481 e. The average Bonchev–Trinajstić information content (AvgIpc) is 2.35. The number of halogens is 1. The number of likely N-dealkylation sites (tertiary alicyclic amines) is 1. The van der Waals surface area contributed by atoms with Gasteiger partial charge < -0.3 is 5.73 Å². The van der Waals surface area contributed by atoms with E-state index in [1.54, 1.807) is 0 Å². The largest absolute Gasteiger partial charge is 0.329 e. The molecule has 2 nitrogen and oxygen atoms in total. The summed E-state index contributed by atoms with van der Waals surface area (Å²) in [5.74, 6) is 0.865. The molecule has 0 amide bonds. The van der Waals surface area contributed by atoms with Crippen LogP contribution in [0.1, 0.15) is 31.4 Å². The fourth-order valence-corrected chi connectivity index (χ4v) is 3.11. The first-order valence-electron chi connectivity index (χ1n) is 6.41. The maximum atomic E-state index is 5.98. The van der Waals surface area contributed by atoms with Crippen LogP contribution < -0.4 is 5.73 Å². The first kappa shape index (κ1) is 13.1. The van der Waals surface area contributed by atoms with E-state index in [2.05, 4.69) is 52.0 Å². The summed E-state index contributed by atoms with van der Waals surface area (Å²) in [5.41, 5.74) is 7.30. The highest BCUT2D eigenvalue weighted by Crippen LogP contribution is 2.30. The third-order valence-corrected chi connectivity index (χ3v) is 4.47. The van der Waals surface area contributed by atoms with Crippen LogP contribution >= 0.6 is 15.9 Å². The van der Waals surface area contributed by atoms with Gasteiger partial charge in [-0.2, -0.15) is 0 Å². The molecule has 3 heteroatoms. The van der Waals surface area contributed by atoms with Gasteiger partial charge in [0.05, 0.1) is 0 Å². The Morgan fingerprint density at radius 1 is 1.35 bits per heavy atom. The van der Waals surface area contributed by atoms with Gasteiger partial charge in [-0.3, -0.25) is 4.90 Å². The minimum Gasteiger partial charge on any atom is -0.329 e. The van der Waals surface area contributed by atoms with Gasteiger partial charge in [0.25, 0.3) is 0 Å². The van der Waals surface area contributed by atoms with E-state index in [0.29, 0.717) is 12.6 Å². The third-order valence-electron chi connectivity index (χ3n) is 3.75.